The maximum absolute atomic E-state index is 9.28. The summed E-state index contributed by atoms with van der Waals surface area (Å²) in [6.45, 7) is 4.95. The van der Waals surface area contributed by atoms with Crippen LogP contribution in [0.5, 0.6) is 5.75 Å². The highest BCUT2D eigenvalue weighted by molar-refractivity contribution is 6.31. The molecule has 120 valence electrons. The number of quaternary nitrogens is 1. The fraction of sp³-hybridized carbons (Fsp3) is 0.278. The van der Waals surface area contributed by atoms with Crippen LogP contribution in [0.2, 0.25) is 5.02 Å². The Hall–Kier alpha value is -2.04. The standard InChI is InChI=1S/C18H20ClN3O/c19-18-4-2-1-3-16(18)14-21-9-11-22(12-10-21)20-13-15-5-7-17(23)8-6-15/h1-8,13,23H,9-12,14H2/p+1. The van der Waals surface area contributed by atoms with Gasteiger partial charge in [0.15, 0.2) is 0 Å². The smallest absolute Gasteiger partial charge is 0.115 e. The highest BCUT2D eigenvalue weighted by Gasteiger charge is 2.19. The van der Waals surface area contributed by atoms with E-state index < -0.39 is 0 Å². The number of phenolic OH excluding ortho intramolecular Hbond substituents is 1. The van der Waals surface area contributed by atoms with E-state index in [1.165, 1.54) is 10.5 Å². The molecule has 0 spiro atoms. The van der Waals surface area contributed by atoms with Gasteiger partial charge in [0.2, 0.25) is 0 Å². The first-order valence-corrected chi connectivity index (χ1v) is 8.23. The van der Waals surface area contributed by atoms with Crippen LogP contribution in [0.15, 0.2) is 53.6 Å². The van der Waals surface area contributed by atoms with Crippen LogP contribution in [0.4, 0.5) is 0 Å². The molecule has 0 saturated carbocycles. The van der Waals surface area contributed by atoms with Crippen molar-refractivity contribution in [1.29, 1.82) is 0 Å². The van der Waals surface area contributed by atoms with Gasteiger partial charge in [0, 0.05) is 10.6 Å². The van der Waals surface area contributed by atoms with Crippen molar-refractivity contribution in [3.8, 4) is 5.75 Å². The third kappa shape index (κ3) is 4.47. The maximum Gasteiger partial charge on any atom is 0.115 e. The van der Waals surface area contributed by atoms with Crippen LogP contribution in [-0.2, 0) is 6.54 Å². The van der Waals surface area contributed by atoms with E-state index in [2.05, 4.69) is 16.2 Å². The number of phenols is 1. The molecule has 1 aliphatic rings. The molecule has 0 radical (unpaired) electrons. The summed E-state index contributed by atoms with van der Waals surface area (Å²) >= 11 is 6.24. The van der Waals surface area contributed by atoms with E-state index in [1.54, 1.807) is 12.1 Å². The lowest BCUT2D eigenvalue weighted by atomic mass is 10.2. The third-order valence-electron chi connectivity index (χ3n) is 4.11. The van der Waals surface area contributed by atoms with Gasteiger partial charge in [-0.1, -0.05) is 29.8 Å². The monoisotopic (exact) mass is 330 g/mol. The van der Waals surface area contributed by atoms with Crippen molar-refractivity contribution in [2.45, 2.75) is 6.54 Å². The minimum atomic E-state index is 0.277. The molecule has 2 aromatic rings. The summed E-state index contributed by atoms with van der Waals surface area (Å²) in [6.07, 6.45) is 1.85. The largest absolute Gasteiger partial charge is 0.508 e. The zero-order chi connectivity index (χ0) is 16.1. The first-order chi connectivity index (χ1) is 11.2. The fourth-order valence-corrected chi connectivity index (χ4v) is 2.93. The van der Waals surface area contributed by atoms with Crippen molar-refractivity contribution < 1.29 is 10.0 Å². The van der Waals surface area contributed by atoms with Crippen LogP contribution < -0.4 is 4.90 Å². The van der Waals surface area contributed by atoms with Gasteiger partial charge >= 0.3 is 0 Å². The van der Waals surface area contributed by atoms with E-state index in [1.807, 2.05) is 36.5 Å². The van der Waals surface area contributed by atoms with E-state index in [9.17, 15) is 5.11 Å². The Morgan fingerprint density at radius 2 is 1.78 bits per heavy atom. The summed E-state index contributed by atoms with van der Waals surface area (Å²) in [5, 5.41) is 16.8. The van der Waals surface area contributed by atoms with Crippen LogP contribution in [0.1, 0.15) is 11.1 Å². The second-order valence-electron chi connectivity index (χ2n) is 5.81. The van der Waals surface area contributed by atoms with Crippen LogP contribution in [-0.4, -0.2) is 42.5 Å². The van der Waals surface area contributed by atoms with Gasteiger partial charge in [-0.05, 0) is 35.9 Å². The number of nitrogens with one attached hydrogen (secondary N) is 1. The molecule has 3 rings (SSSR count). The molecule has 1 saturated heterocycles. The van der Waals surface area contributed by atoms with Gasteiger partial charge in [0.05, 0.1) is 32.4 Å². The van der Waals surface area contributed by atoms with Gasteiger partial charge in [-0.15, -0.1) is 0 Å². The first-order valence-electron chi connectivity index (χ1n) is 7.85. The van der Waals surface area contributed by atoms with Crippen LogP contribution in [0.3, 0.4) is 0 Å². The van der Waals surface area contributed by atoms with Crippen LogP contribution >= 0.6 is 11.6 Å². The third-order valence-corrected chi connectivity index (χ3v) is 4.48. The van der Waals surface area contributed by atoms with Crippen molar-refractivity contribution in [3.05, 3.63) is 64.7 Å². The average Bonchev–Trinajstić information content (AvgIpc) is 2.58. The SMILES string of the molecule is Oc1ccc(C=NN2CC[NH+](Cc3ccccc3Cl)CC2)cc1. The molecule has 1 aliphatic heterocycles. The number of benzene rings is 2. The van der Waals surface area contributed by atoms with Crippen molar-refractivity contribution >= 4 is 17.8 Å². The molecule has 0 unspecified atom stereocenters. The van der Waals surface area contributed by atoms with Gasteiger partial charge in [-0.25, -0.2) is 0 Å². The van der Waals surface area contributed by atoms with E-state index in [-0.39, 0.29) is 5.75 Å². The van der Waals surface area contributed by atoms with Crippen molar-refractivity contribution in [2.24, 2.45) is 5.10 Å². The molecule has 0 aliphatic carbocycles. The van der Waals surface area contributed by atoms with Crippen molar-refractivity contribution in [2.75, 3.05) is 26.2 Å². The number of rotatable bonds is 4. The lowest BCUT2D eigenvalue weighted by molar-refractivity contribution is -0.918. The number of hydrazone groups is 1. The number of halogens is 1. The number of piperazine rings is 1. The summed E-state index contributed by atoms with van der Waals surface area (Å²) in [5.74, 6) is 0.277. The molecule has 0 atom stereocenters. The van der Waals surface area contributed by atoms with Crippen molar-refractivity contribution in [3.63, 3.8) is 0 Å². The normalized spacial score (nSPS) is 16.1. The zero-order valence-electron chi connectivity index (χ0n) is 13.0. The van der Waals surface area contributed by atoms with Gasteiger partial charge in [-0.3, -0.25) is 5.01 Å². The summed E-state index contributed by atoms with van der Waals surface area (Å²) in [4.78, 5) is 1.54. The van der Waals surface area contributed by atoms with Gasteiger partial charge in [0.1, 0.15) is 12.3 Å². The quantitative estimate of drug-likeness (QED) is 0.839. The minimum Gasteiger partial charge on any atom is -0.508 e. The van der Waals surface area contributed by atoms with Crippen LogP contribution in [0.25, 0.3) is 0 Å². The first kappa shape index (κ1) is 15.8. The molecular formula is C18H21ClN3O+. The molecule has 0 amide bonds. The Kier molecular flexibility index (Phi) is 5.16. The molecule has 1 fully saturated rings. The summed E-state index contributed by atoms with van der Waals surface area (Å²) in [5.41, 5.74) is 2.21. The Morgan fingerprint density at radius 3 is 2.48 bits per heavy atom. The number of hydrogen-bond donors (Lipinski definition) is 2. The molecule has 1 heterocycles. The highest BCUT2D eigenvalue weighted by Crippen LogP contribution is 2.13. The van der Waals surface area contributed by atoms with E-state index in [0.717, 1.165) is 43.3 Å². The van der Waals surface area contributed by atoms with Gasteiger partial charge in [-0.2, -0.15) is 5.10 Å². The van der Waals surface area contributed by atoms with Crippen LogP contribution in [0, 0.1) is 0 Å². The Balaban J connectivity index is 1.50. The van der Waals surface area contributed by atoms with Gasteiger partial charge in [0.25, 0.3) is 0 Å². The second kappa shape index (κ2) is 7.49. The lowest BCUT2D eigenvalue weighted by Gasteiger charge is -2.30. The number of aromatic hydroxyl groups is 1. The number of hydrogen-bond acceptors (Lipinski definition) is 3. The fourth-order valence-electron chi connectivity index (χ4n) is 2.72. The predicted molar refractivity (Wildman–Crippen MR) is 93.1 cm³/mol. The molecule has 2 aromatic carbocycles. The van der Waals surface area contributed by atoms with Crippen molar-refractivity contribution in [1.82, 2.24) is 5.01 Å². The Morgan fingerprint density at radius 1 is 1.09 bits per heavy atom. The summed E-state index contributed by atoms with van der Waals surface area (Å²) < 4.78 is 0. The van der Waals surface area contributed by atoms with E-state index in [0.29, 0.717) is 0 Å². The lowest BCUT2D eigenvalue weighted by Crippen LogP contribution is -3.13. The molecule has 4 nitrogen and oxygen atoms in total. The molecule has 0 bridgehead atoms. The minimum absolute atomic E-state index is 0.277. The molecule has 5 heteroatoms. The second-order valence-corrected chi connectivity index (χ2v) is 6.22. The summed E-state index contributed by atoms with van der Waals surface area (Å²) in [7, 11) is 0. The van der Waals surface area contributed by atoms with Gasteiger partial charge < -0.3 is 10.0 Å². The number of nitrogens with zero attached hydrogens (tertiary/aromatic N) is 2. The van der Waals surface area contributed by atoms with E-state index >= 15 is 0 Å². The molecule has 23 heavy (non-hydrogen) atoms. The molecule has 0 aromatic heterocycles. The predicted octanol–water partition coefficient (Wildman–Crippen LogP) is 1.78. The molecule has 2 N–H and O–H groups in total. The average molecular weight is 331 g/mol. The van der Waals surface area contributed by atoms with E-state index in [4.69, 9.17) is 11.6 Å². The zero-order valence-corrected chi connectivity index (χ0v) is 13.7. The maximum atomic E-state index is 9.28. The summed E-state index contributed by atoms with van der Waals surface area (Å²) in [6, 6.07) is 15.1. The highest BCUT2D eigenvalue weighted by atomic mass is 35.5. The Labute approximate surface area is 141 Å². The molecular weight excluding hydrogens is 310 g/mol. The Bertz CT molecular complexity index is 664. The topological polar surface area (TPSA) is 40.3 Å².